The first-order valence-corrected chi connectivity index (χ1v) is 5.84. The van der Waals surface area contributed by atoms with E-state index >= 15 is 0 Å². The third kappa shape index (κ3) is 3.17. The number of hydrogen-bond acceptors (Lipinski definition) is 3. The molecule has 3 nitrogen and oxygen atoms in total. The number of rotatable bonds is 4. The maximum atomic E-state index is 5.71. The Morgan fingerprint density at radius 3 is 2.71 bits per heavy atom. The number of nitrogens with zero attached hydrogens (tertiary/aromatic N) is 2. The lowest BCUT2D eigenvalue weighted by Crippen LogP contribution is -2.00. The maximum absolute atomic E-state index is 5.71. The van der Waals surface area contributed by atoms with Gasteiger partial charge in [-0.2, -0.15) is 0 Å². The lowest BCUT2D eigenvalue weighted by atomic mass is 10.1. The Bertz CT molecular complexity index is 485. The van der Waals surface area contributed by atoms with Crippen LogP contribution in [0.3, 0.4) is 0 Å². The molecule has 0 aliphatic carbocycles. The van der Waals surface area contributed by atoms with Crippen molar-refractivity contribution in [2.24, 2.45) is 0 Å². The Labute approximate surface area is 105 Å². The SMILES string of the molecule is CCc1ccccc1OCc1cnc(Cl)cn1. The molecule has 0 atom stereocenters. The van der Waals surface area contributed by atoms with Crippen molar-refractivity contribution in [2.45, 2.75) is 20.0 Å². The van der Waals surface area contributed by atoms with Crippen LogP contribution in [0.25, 0.3) is 0 Å². The zero-order chi connectivity index (χ0) is 12.1. The molecule has 1 aromatic carbocycles. The summed E-state index contributed by atoms with van der Waals surface area (Å²) in [6, 6.07) is 7.99. The van der Waals surface area contributed by atoms with Crippen molar-refractivity contribution in [1.82, 2.24) is 9.97 Å². The van der Waals surface area contributed by atoms with E-state index in [4.69, 9.17) is 16.3 Å². The van der Waals surface area contributed by atoms with Gasteiger partial charge in [0.05, 0.1) is 18.1 Å². The van der Waals surface area contributed by atoms with Crippen molar-refractivity contribution in [3.8, 4) is 5.75 Å². The van der Waals surface area contributed by atoms with Gasteiger partial charge in [-0.05, 0) is 18.1 Å². The molecular weight excluding hydrogens is 236 g/mol. The molecule has 0 unspecified atom stereocenters. The van der Waals surface area contributed by atoms with Gasteiger partial charge < -0.3 is 4.74 Å². The third-order valence-electron chi connectivity index (χ3n) is 2.40. The smallest absolute Gasteiger partial charge is 0.147 e. The van der Waals surface area contributed by atoms with Crippen molar-refractivity contribution in [2.75, 3.05) is 0 Å². The van der Waals surface area contributed by atoms with E-state index in [1.165, 1.54) is 11.8 Å². The number of aromatic nitrogens is 2. The molecule has 0 amide bonds. The van der Waals surface area contributed by atoms with Crippen LogP contribution in [0.5, 0.6) is 5.75 Å². The van der Waals surface area contributed by atoms with Crippen LogP contribution in [0.4, 0.5) is 0 Å². The molecule has 0 bridgehead atoms. The summed E-state index contributed by atoms with van der Waals surface area (Å²) in [7, 11) is 0. The van der Waals surface area contributed by atoms with Gasteiger partial charge in [-0.25, -0.2) is 4.98 Å². The summed E-state index contributed by atoms with van der Waals surface area (Å²) in [6.45, 7) is 2.51. The summed E-state index contributed by atoms with van der Waals surface area (Å²) < 4.78 is 5.71. The van der Waals surface area contributed by atoms with E-state index in [-0.39, 0.29) is 0 Å². The van der Waals surface area contributed by atoms with Gasteiger partial charge >= 0.3 is 0 Å². The molecule has 4 heteroatoms. The van der Waals surface area contributed by atoms with E-state index in [9.17, 15) is 0 Å². The van der Waals surface area contributed by atoms with Crippen LogP contribution in [0.1, 0.15) is 18.2 Å². The lowest BCUT2D eigenvalue weighted by Gasteiger charge is -2.09. The average molecular weight is 249 g/mol. The predicted molar refractivity (Wildman–Crippen MR) is 67.2 cm³/mol. The van der Waals surface area contributed by atoms with Crippen LogP contribution in [-0.4, -0.2) is 9.97 Å². The van der Waals surface area contributed by atoms with E-state index in [0.717, 1.165) is 17.9 Å². The molecule has 0 fully saturated rings. The molecule has 2 aromatic rings. The summed E-state index contributed by atoms with van der Waals surface area (Å²) >= 11 is 5.66. The summed E-state index contributed by atoms with van der Waals surface area (Å²) in [4.78, 5) is 8.09. The Kier molecular flexibility index (Phi) is 3.94. The maximum Gasteiger partial charge on any atom is 0.147 e. The minimum atomic E-state index is 0.391. The standard InChI is InChI=1S/C13H13ClN2O/c1-2-10-5-3-4-6-12(10)17-9-11-7-16-13(14)8-15-11/h3-8H,2,9H2,1H3. The van der Waals surface area contributed by atoms with E-state index in [1.54, 1.807) is 6.20 Å². The van der Waals surface area contributed by atoms with Crippen LogP contribution < -0.4 is 4.74 Å². The summed E-state index contributed by atoms with van der Waals surface area (Å²) in [6.07, 6.45) is 4.09. The zero-order valence-corrected chi connectivity index (χ0v) is 10.3. The van der Waals surface area contributed by atoms with Gasteiger partial charge in [0.15, 0.2) is 0 Å². The predicted octanol–water partition coefficient (Wildman–Crippen LogP) is 3.27. The molecule has 17 heavy (non-hydrogen) atoms. The van der Waals surface area contributed by atoms with Gasteiger partial charge in [-0.15, -0.1) is 0 Å². The first kappa shape index (κ1) is 11.9. The Morgan fingerprint density at radius 2 is 2.00 bits per heavy atom. The zero-order valence-electron chi connectivity index (χ0n) is 9.56. The molecule has 2 rings (SSSR count). The van der Waals surface area contributed by atoms with E-state index in [0.29, 0.717) is 11.8 Å². The van der Waals surface area contributed by atoms with Gasteiger partial charge in [0.1, 0.15) is 17.5 Å². The Morgan fingerprint density at radius 1 is 1.18 bits per heavy atom. The lowest BCUT2D eigenvalue weighted by molar-refractivity contribution is 0.298. The number of para-hydroxylation sites is 1. The normalized spacial score (nSPS) is 10.2. The van der Waals surface area contributed by atoms with Gasteiger partial charge in [0, 0.05) is 0 Å². The van der Waals surface area contributed by atoms with Gasteiger partial charge in [0.25, 0.3) is 0 Å². The van der Waals surface area contributed by atoms with E-state index < -0.39 is 0 Å². The molecular formula is C13H13ClN2O. The summed E-state index contributed by atoms with van der Waals surface area (Å²) in [5.74, 6) is 0.895. The molecule has 0 aliphatic rings. The fraction of sp³-hybridized carbons (Fsp3) is 0.231. The fourth-order valence-electron chi connectivity index (χ4n) is 1.50. The minimum absolute atomic E-state index is 0.391. The van der Waals surface area contributed by atoms with Crippen molar-refractivity contribution in [3.63, 3.8) is 0 Å². The largest absolute Gasteiger partial charge is 0.487 e. The Hall–Kier alpha value is -1.61. The van der Waals surface area contributed by atoms with Crippen molar-refractivity contribution < 1.29 is 4.74 Å². The summed E-state index contributed by atoms with van der Waals surface area (Å²) in [5.41, 5.74) is 1.95. The third-order valence-corrected chi connectivity index (χ3v) is 2.60. The Balaban J connectivity index is 2.04. The van der Waals surface area contributed by atoms with Gasteiger partial charge in [-0.3, -0.25) is 4.98 Å². The fourth-order valence-corrected chi connectivity index (χ4v) is 1.60. The highest BCUT2D eigenvalue weighted by Crippen LogP contribution is 2.19. The van der Waals surface area contributed by atoms with Crippen LogP contribution in [0, 0.1) is 0 Å². The van der Waals surface area contributed by atoms with Crippen LogP contribution in [-0.2, 0) is 13.0 Å². The second-order valence-corrected chi connectivity index (χ2v) is 3.97. The highest BCUT2D eigenvalue weighted by Gasteiger charge is 2.02. The number of hydrogen-bond donors (Lipinski definition) is 0. The van der Waals surface area contributed by atoms with Gasteiger partial charge in [0.2, 0.25) is 0 Å². The van der Waals surface area contributed by atoms with Crippen LogP contribution >= 0.6 is 11.6 Å². The molecule has 0 saturated heterocycles. The molecule has 0 N–H and O–H groups in total. The van der Waals surface area contributed by atoms with E-state index in [1.807, 2.05) is 18.2 Å². The topological polar surface area (TPSA) is 35.0 Å². The second-order valence-electron chi connectivity index (χ2n) is 3.58. The van der Waals surface area contributed by atoms with Crippen LogP contribution in [0.2, 0.25) is 5.15 Å². The first-order chi connectivity index (χ1) is 8.29. The first-order valence-electron chi connectivity index (χ1n) is 5.46. The molecule has 0 radical (unpaired) electrons. The monoisotopic (exact) mass is 248 g/mol. The molecule has 0 spiro atoms. The van der Waals surface area contributed by atoms with Crippen molar-refractivity contribution in [3.05, 3.63) is 53.1 Å². The van der Waals surface area contributed by atoms with Crippen molar-refractivity contribution in [1.29, 1.82) is 0 Å². The highest BCUT2D eigenvalue weighted by molar-refractivity contribution is 6.29. The van der Waals surface area contributed by atoms with E-state index in [2.05, 4.69) is 23.0 Å². The van der Waals surface area contributed by atoms with Crippen LogP contribution in [0.15, 0.2) is 36.7 Å². The molecule has 88 valence electrons. The number of aryl methyl sites for hydroxylation is 1. The number of benzene rings is 1. The molecule has 1 heterocycles. The van der Waals surface area contributed by atoms with Gasteiger partial charge in [-0.1, -0.05) is 36.7 Å². The second kappa shape index (κ2) is 5.64. The summed E-state index contributed by atoms with van der Waals surface area (Å²) in [5, 5.41) is 0.391. The van der Waals surface area contributed by atoms with Crippen molar-refractivity contribution >= 4 is 11.6 Å². The average Bonchev–Trinajstić information content (AvgIpc) is 2.38. The molecule has 0 saturated carbocycles. The minimum Gasteiger partial charge on any atom is -0.487 e. The number of halogens is 1. The number of ether oxygens (including phenoxy) is 1. The molecule has 0 aliphatic heterocycles. The molecule has 1 aromatic heterocycles. The quantitative estimate of drug-likeness (QED) is 0.833. The highest BCUT2D eigenvalue weighted by atomic mass is 35.5.